The van der Waals surface area contributed by atoms with Crippen LogP contribution in [0.5, 0.6) is 0 Å². The number of carbonyl (C=O) groups is 3. The first-order valence-corrected chi connectivity index (χ1v) is 13.7. The van der Waals surface area contributed by atoms with Crippen molar-refractivity contribution >= 4 is 46.2 Å². The number of fused-ring (bicyclic) bond motifs is 1. The second-order valence-electron chi connectivity index (χ2n) is 10.7. The number of likely N-dealkylation sites (N-methyl/N-ethyl adjacent to an activating group) is 1. The van der Waals surface area contributed by atoms with E-state index >= 15 is 0 Å². The van der Waals surface area contributed by atoms with Gasteiger partial charge in [0.25, 0.3) is 5.56 Å². The summed E-state index contributed by atoms with van der Waals surface area (Å²) in [5.74, 6) is -1.03. The van der Waals surface area contributed by atoms with Gasteiger partial charge in [-0.3, -0.25) is 19.4 Å². The van der Waals surface area contributed by atoms with E-state index < -0.39 is 23.5 Å². The highest BCUT2D eigenvalue weighted by molar-refractivity contribution is 6.32. The lowest BCUT2D eigenvalue weighted by Gasteiger charge is -2.21. The minimum Gasteiger partial charge on any atom is -0.465 e. The molecule has 1 atom stereocenters. The van der Waals surface area contributed by atoms with Gasteiger partial charge in [-0.05, 0) is 55.0 Å². The van der Waals surface area contributed by atoms with Crippen LogP contribution in [0.3, 0.4) is 0 Å². The third-order valence-corrected chi connectivity index (χ3v) is 6.89. The summed E-state index contributed by atoms with van der Waals surface area (Å²) >= 11 is 6.42. The second-order valence-corrected chi connectivity index (χ2v) is 11.1. The molecule has 0 unspecified atom stereocenters. The standard InChI is InChI=1S/C29H37ClN6O5/c1-18(2)13-21-22(30)15-31-24-14-20(32-26(21)24)17-36-12-8-10-23(28(36)39)33-27(38)19(16-35(5)29(40)41)9-6-7-11-25(37)34(3)4/h7-8,10-12,14-15,18-19,32H,6,9,13,16-17H2,1-5H3,(H,33,38)(H,40,41)/b11-7+/t19-/m0/s1. The first-order chi connectivity index (χ1) is 19.4. The highest BCUT2D eigenvalue weighted by atomic mass is 35.5. The third kappa shape index (κ3) is 8.43. The number of anilines is 1. The van der Waals surface area contributed by atoms with E-state index in [1.807, 2.05) is 6.07 Å². The van der Waals surface area contributed by atoms with Crippen LogP contribution in [0.25, 0.3) is 11.0 Å². The molecule has 0 saturated heterocycles. The maximum absolute atomic E-state index is 13.3. The molecule has 0 bridgehead atoms. The van der Waals surface area contributed by atoms with Crippen molar-refractivity contribution in [3.8, 4) is 0 Å². The number of aromatic amines is 1. The van der Waals surface area contributed by atoms with E-state index in [4.69, 9.17) is 11.6 Å². The lowest BCUT2D eigenvalue weighted by atomic mass is 10.0. The van der Waals surface area contributed by atoms with Crippen molar-refractivity contribution in [2.75, 3.05) is 33.0 Å². The minimum absolute atomic E-state index is 0.0685. The summed E-state index contributed by atoms with van der Waals surface area (Å²) < 4.78 is 1.47. The van der Waals surface area contributed by atoms with Gasteiger partial charge in [0.05, 0.1) is 28.5 Å². The Morgan fingerprint density at radius 3 is 2.63 bits per heavy atom. The molecule has 3 aromatic heterocycles. The molecule has 3 amide bonds. The molecule has 0 aliphatic heterocycles. The number of halogens is 1. The molecule has 11 nitrogen and oxygen atoms in total. The van der Waals surface area contributed by atoms with Crippen molar-refractivity contribution in [3.05, 3.63) is 69.4 Å². The Morgan fingerprint density at radius 1 is 1.24 bits per heavy atom. The van der Waals surface area contributed by atoms with E-state index in [1.54, 1.807) is 38.6 Å². The molecule has 220 valence electrons. The minimum atomic E-state index is -1.17. The molecule has 0 radical (unpaired) electrons. The Balaban J connectivity index is 1.79. The van der Waals surface area contributed by atoms with Crippen LogP contribution in [0.15, 0.2) is 47.5 Å². The van der Waals surface area contributed by atoms with E-state index in [0.717, 1.165) is 33.6 Å². The summed E-state index contributed by atoms with van der Waals surface area (Å²) in [5.41, 5.74) is 3.00. The molecule has 0 aliphatic rings. The van der Waals surface area contributed by atoms with Crippen LogP contribution < -0.4 is 10.9 Å². The van der Waals surface area contributed by atoms with E-state index in [2.05, 4.69) is 29.1 Å². The number of carboxylic acid groups (broad SMARTS) is 1. The Bertz CT molecular complexity index is 1490. The third-order valence-electron chi connectivity index (χ3n) is 6.57. The van der Waals surface area contributed by atoms with Crippen molar-refractivity contribution in [2.24, 2.45) is 11.8 Å². The summed E-state index contributed by atoms with van der Waals surface area (Å²) in [6.45, 7) is 4.37. The number of H-pyrrole nitrogens is 1. The number of rotatable bonds is 12. The zero-order chi connectivity index (χ0) is 30.3. The summed E-state index contributed by atoms with van der Waals surface area (Å²) in [5, 5.41) is 12.6. The number of pyridine rings is 2. The zero-order valence-electron chi connectivity index (χ0n) is 24.0. The summed E-state index contributed by atoms with van der Waals surface area (Å²) in [4.78, 5) is 59.9. The molecule has 3 aromatic rings. The number of hydrogen-bond donors (Lipinski definition) is 3. The van der Waals surface area contributed by atoms with Gasteiger partial charge in [-0.15, -0.1) is 0 Å². The monoisotopic (exact) mass is 584 g/mol. The second kappa shape index (κ2) is 14.0. The number of nitrogens with one attached hydrogen (secondary N) is 2. The average molecular weight is 585 g/mol. The zero-order valence-corrected chi connectivity index (χ0v) is 24.7. The van der Waals surface area contributed by atoms with Gasteiger partial charge in [0.2, 0.25) is 11.8 Å². The van der Waals surface area contributed by atoms with Crippen LogP contribution >= 0.6 is 11.6 Å². The average Bonchev–Trinajstić information content (AvgIpc) is 3.32. The number of aromatic nitrogens is 3. The lowest BCUT2D eigenvalue weighted by molar-refractivity contribution is -0.123. The van der Waals surface area contributed by atoms with Crippen LogP contribution in [0, 0.1) is 11.8 Å². The Morgan fingerprint density at radius 2 is 1.98 bits per heavy atom. The molecule has 0 aromatic carbocycles. The van der Waals surface area contributed by atoms with Gasteiger partial charge in [0.15, 0.2) is 0 Å². The molecule has 3 rings (SSSR count). The van der Waals surface area contributed by atoms with E-state index in [9.17, 15) is 24.3 Å². The van der Waals surface area contributed by atoms with Gasteiger partial charge < -0.3 is 29.8 Å². The van der Waals surface area contributed by atoms with Gasteiger partial charge in [-0.1, -0.05) is 31.5 Å². The molecule has 3 N–H and O–H groups in total. The van der Waals surface area contributed by atoms with Crippen LogP contribution in [0.4, 0.5) is 10.5 Å². The Labute approximate surface area is 243 Å². The van der Waals surface area contributed by atoms with Crippen molar-refractivity contribution in [1.29, 1.82) is 0 Å². The number of nitrogens with zero attached hydrogens (tertiary/aromatic N) is 4. The molecule has 3 heterocycles. The molecule has 0 aliphatic carbocycles. The molecule has 41 heavy (non-hydrogen) atoms. The highest BCUT2D eigenvalue weighted by Gasteiger charge is 2.23. The maximum Gasteiger partial charge on any atom is 0.407 e. The van der Waals surface area contributed by atoms with Crippen molar-refractivity contribution in [2.45, 2.75) is 39.7 Å². The van der Waals surface area contributed by atoms with E-state index in [-0.39, 0.29) is 31.1 Å². The van der Waals surface area contributed by atoms with Gasteiger partial charge in [0.1, 0.15) is 5.69 Å². The number of hydrogen-bond acceptors (Lipinski definition) is 5. The van der Waals surface area contributed by atoms with Gasteiger partial charge in [-0.25, -0.2) is 4.79 Å². The number of carbonyl (C=O) groups excluding carboxylic acids is 2. The van der Waals surface area contributed by atoms with Crippen LogP contribution in [-0.4, -0.2) is 75.0 Å². The predicted molar refractivity (Wildman–Crippen MR) is 159 cm³/mol. The van der Waals surface area contributed by atoms with Crippen molar-refractivity contribution in [3.63, 3.8) is 0 Å². The molecule has 0 saturated carbocycles. The summed E-state index contributed by atoms with van der Waals surface area (Å²) in [6, 6.07) is 5.05. The molecular weight excluding hydrogens is 548 g/mol. The van der Waals surface area contributed by atoms with Crippen LogP contribution in [0.2, 0.25) is 5.02 Å². The summed E-state index contributed by atoms with van der Waals surface area (Å²) in [6.07, 6.45) is 6.58. The van der Waals surface area contributed by atoms with Crippen LogP contribution in [0.1, 0.15) is 37.9 Å². The van der Waals surface area contributed by atoms with Crippen molar-refractivity contribution in [1.82, 2.24) is 24.3 Å². The van der Waals surface area contributed by atoms with Crippen molar-refractivity contribution < 1.29 is 19.5 Å². The Kier molecular flexibility index (Phi) is 10.7. The molecular formula is C29H37ClN6O5. The highest BCUT2D eigenvalue weighted by Crippen LogP contribution is 2.27. The van der Waals surface area contributed by atoms with E-state index in [1.165, 1.54) is 28.7 Å². The topological polar surface area (TPSA) is 141 Å². The fraction of sp³-hybridized carbons (Fsp3) is 0.414. The van der Waals surface area contributed by atoms with Gasteiger partial charge in [-0.2, -0.15) is 0 Å². The first kappa shape index (κ1) is 31.4. The van der Waals surface area contributed by atoms with Crippen LogP contribution in [-0.2, 0) is 22.6 Å². The first-order valence-electron chi connectivity index (χ1n) is 13.3. The Hall–Kier alpha value is -4.12. The fourth-order valence-corrected chi connectivity index (χ4v) is 4.59. The molecule has 0 fully saturated rings. The quantitative estimate of drug-likeness (QED) is 0.272. The SMILES string of the molecule is CC(C)Cc1c(Cl)cnc2cc(Cn3cccc(NC(=O)[C@@H](CC/C=C/C(=O)N(C)C)CN(C)C(=O)O)c3=O)[nH]c12. The number of amides is 3. The largest absolute Gasteiger partial charge is 0.465 e. The fourth-order valence-electron chi connectivity index (χ4n) is 4.37. The van der Waals surface area contributed by atoms with E-state index in [0.29, 0.717) is 17.4 Å². The van der Waals surface area contributed by atoms with Gasteiger partial charge >= 0.3 is 6.09 Å². The smallest absolute Gasteiger partial charge is 0.407 e. The molecule has 0 spiro atoms. The predicted octanol–water partition coefficient (Wildman–Crippen LogP) is 4.21. The summed E-state index contributed by atoms with van der Waals surface area (Å²) in [7, 11) is 4.64. The number of allylic oxidation sites excluding steroid dienone is 1. The lowest BCUT2D eigenvalue weighted by Crippen LogP contribution is -2.37. The molecule has 12 heteroatoms. The van der Waals surface area contributed by atoms with Gasteiger partial charge in [0, 0.05) is 45.8 Å². The normalized spacial score (nSPS) is 12.2. The maximum atomic E-state index is 13.3.